The molecule has 6 rings (SSSR count). The molecule has 0 radical (unpaired) electrons. The molecule has 4 heterocycles. The third-order valence-corrected chi connectivity index (χ3v) is 11.1. The molecule has 1 fully saturated rings. The zero-order valence-electron chi connectivity index (χ0n) is 31.9. The first-order valence-corrected chi connectivity index (χ1v) is 19.8. The molecular formula is C41H49N9O4S. The van der Waals surface area contributed by atoms with Crippen molar-refractivity contribution in [2.24, 2.45) is 5.92 Å². The Labute approximate surface area is 325 Å². The summed E-state index contributed by atoms with van der Waals surface area (Å²) in [7, 11) is 0. The molecule has 1 aliphatic rings. The molecule has 0 saturated carbocycles. The van der Waals surface area contributed by atoms with Crippen molar-refractivity contribution >= 4 is 35.0 Å². The average Bonchev–Trinajstić information content (AvgIpc) is 4.00. The van der Waals surface area contributed by atoms with Gasteiger partial charge in [-0.25, -0.2) is 9.97 Å². The van der Waals surface area contributed by atoms with Gasteiger partial charge in [-0.05, 0) is 58.9 Å². The molecule has 3 N–H and O–H groups in total. The third-order valence-electron chi connectivity index (χ3n) is 9.63. The van der Waals surface area contributed by atoms with E-state index in [4.69, 9.17) is 4.74 Å². The van der Waals surface area contributed by atoms with Crippen molar-refractivity contribution in [2.45, 2.75) is 84.1 Å². The summed E-state index contributed by atoms with van der Waals surface area (Å²) < 4.78 is 5.91. The minimum absolute atomic E-state index is 0.0782. The summed E-state index contributed by atoms with van der Waals surface area (Å²) in [5.74, 6) is 0.219. The van der Waals surface area contributed by atoms with E-state index in [1.54, 1.807) is 11.0 Å². The molecule has 288 valence electrons. The van der Waals surface area contributed by atoms with Crippen molar-refractivity contribution in [3.8, 4) is 28.3 Å². The summed E-state index contributed by atoms with van der Waals surface area (Å²) in [6.07, 6.45) is 10.4. The molecule has 14 heteroatoms. The number of benzene rings is 2. The van der Waals surface area contributed by atoms with E-state index in [2.05, 4.69) is 68.9 Å². The van der Waals surface area contributed by atoms with Crippen molar-refractivity contribution in [3.05, 3.63) is 88.4 Å². The van der Waals surface area contributed by atoms with Crippen LogP contribution in [0.25, 0.3) is 22.5 Å². The van der Waals surface area contributed by atoms with Gasteiger partial charge in [0.05, 0.1) is 17.4 Å². The van der Waals surface area contributed by atoms with Crippen LogP contribution in [0.5, 0.6) is 5.75 Å². The first-order valence-electron chi connectivity index (χ1n) is 19.0. The van der Waals surface area contributed by atoms with Gasteiger partial charge in [-0.15, -0.1) is 16.4 Å². The highest BCUT2D eigenvalue weighted by Crippen LogP contribution is 2.30. The lowest BCUT2D eigenvalue weighted by Gasteiger charge is -2.24. The molecule has 3 aromatic heterocycles. The molecule has 0 aliphatic carbocycles. The highest BCUT2D eigenvalue weighted by atomic mass is 32.1. The maximum atomic E-state index is 14.0. The normalized spacial score (nSPS) is 14.8. The fraction of sp³-hybridized carbons (Fsp3) is 0.415. The van der Waals surface area contributed by atoms with Gasteiger partial charge in [-0.3, -0.25) is 19.7 Å². The molecule has 1 saturated heterocycles. The lowest BCUT2D eigenvalue weighted by Crippen LogP contribution is -2.49. The minimum Gasteiger partial charge on any atom is -0.494 e. The lowest BCUT2D eigenvalue weighted by atomic mass is 9.95. The highest BCUT2D eigenvalue weighted by Gasteiger charge is 2.35. The molecular weight excluding hydrogens is 715 g/mol. The van der Waals surface area contributed by atoms with Crippen LogP contribution in [0.3, 0.4) is 0 Å². The summed E-state index contributed by atoms with van der Waals surface area (Å²) in [5.41, 5.74) is 3.48. The van der Waals surface area contributed by atoms with Gasteiger partial charge in [0.15, 0.2) is 5.82 Å². The smallest absolute Gasteiger partial charge is 0.269 e. The number of unbranched alkanes of at least 4 members (excludes halogenated alkanes) is 4. The number of tetrazole rings is 1. The molecule has 55 heavy (non-hydrogen) atoms. The van der Waals surface area contributed by atoms with E-state index in [0.717, 1.165) is 45.9 Å². The van der Waals surface area contributed by atoms with E-state index in [9.17, 15) is 14.4 Å². The van der Waals surface area contributed by atoms with E-state index in [1.807, 2.05) is 67.0 Å². The van der Waals surface area contributed by atoms with Crippen LogP contribution >= 0.6 is 11.3 Å². The maximum absolute atomic E-state index is 14.0. The van der Waals surface area contributed by atoms with Crippen molar-refractivity contribution in [1.82, 2.24) is 40.8 Å². The van der Waals surface area contributed by atoms with Gasteiger partial charge in [0.1, 0.15) is 11.8 Å². The number of nitrogens with one attached hydrogen (secondary N) is 3. The largest absolute Gasteiger partial charge is 0.494 e. The number of aromatic nitrogens is 6. The minimum atomic E-state index is -0.851. The number of H-pyrrole nitrogens is 1. The quantitative estimate of drug-likeness (QED) is 0.0910. The summed E-state index contributed by atoms with van der Waals surface area (Å²) in [4.78, 5) is 52.9. The second kappa shape index (κ2) is 18.2. The SMILES string of the molecule is CCCCCCCOc1ccc(-c2cnc(-c3ccc(C[C@H](NC(=O)c4ccc(C(C)(C)C)s4)C(=O)N4CC[C@H](C(=O)Nc5nn[nH]n5)C4)cc3)nc2)cc1. The van der Waals surface area contributed by atoms with Crippen LogP contribution in [0.4, 0.5) is 5.95 Å². The van der Waals surface area contributed by atoms with Crippen molar-refractivity contribution < 1.29 is 19.1 Å². The number of nitrogens with zero attached hydrogens (tertiary/aromatic N) is 6. The number of anilines is 1. The molecule has 0 spiro atoms. The average molecular weight is 764 g/mol. The number of amides is 3. The Morgan fingerprint density at radius 3 is 2.33 bits per heavy atom. The topological polar surface area (TPSA) is 168 Å². The molecule has 0 unspecified atom stereocenters. The van der Waals surface area contributed by atoms with Crippen molar-refractivity contribution in [3.63, 3.8) is 0 Å². The molecule has 2 atom stereocenters. The number of hydrogen-bond acceptors (Lipinski definition) is 10. The van der Waals surface area contributed by atoms with E-state index in [1.165, 1.54) is 37.0 Å². The van der Waals surface area contributed by atoms with Gasteiger partial charge in [-0.2, -0.15) is 5.21 Å². The second-order valence-corrected chi connectivity index (χ2v) is 16.0. The van der Waals surface area contributed by atoms with Crippen LogP contribution in [0.1, 0.15) is 86.3 Å². The Morgan fingerprint density at radius 1 is 0.927 bits per heavy atom. The van der Waals surface area contributed by atoms with E-state index in [-0.39, 0.29) is 42.1 Å². The van der Waals surface area contributed by atoms with Crippen LogP contribution in [-0.2, 0) is 21.4 Å². The Balaban J connectivity index is 1.10. The van der Waals surface area contributed by atoms with Crippen molar-refractivity contribution in [1.29, 1.82) is 0 Å². The zero-order valence-corrected chi connectivity index (χ0v) is 32.7. The van der Waals surface area contributed by atoms with Gasteiger partial charge in [0, 0.05) is 47.9 Å². The summed E-state index contributed by atoms with van der Waals surface area (Å²) in [5, 5.41) is 19.0. The lowest BCUT2D eigenvalue weighted by molar-refractivity contribution is -0.132. The number of likely N-dealkylation sites (tertiary alicyclic amines) is 1. The number of hydrogen-bond donors (Lipinski definition) is 3. The standard InChI is InChI=1S/C41H49N9O4S/c1-5-6-7-8-9-22-54-32-16-14-28(15-17-32)31-24-42-36(43-25-31)29-12-10-27(11-13-29)23-33(44-38(52)34-18-19-35(55-34)41(2,3)4)39(53)50-21-20-30(26-50)37(51)45-40-46-48-49-47-40/h10-19,24-25,30,33H,5-9,20-23,26H2,1-4H3,(H,44,52)(H2,45,46,47,48,49,51)/t30-,33-/m0/s1. The number of rotatable bonds is 16. The zero-order chi connectivity index (χ0) is 38.8. The fourth-order valence-corrected chi connectivity index (χ4v) is 7.37. The van der Waals surface area contributed by atoms with Crippen LogP contribution < -0.4 is 15.4 Å². The third kappa shape index (κ3) is 10.6. The Kier molecular flexibility index (Phi) is 13.0. The number of aromatic amines is 1. The highest BCUT2D eigenvalue weighted by molar-refractivity contribution is 7.14. The first kappa shape index (κ1) is 39.2. The summed E-state index contributed by atoms with van der Waals surface area (Å²) >= 11 is 1.42. The monoisotopic (exact) mass is 763 g/mol. The van der Waals surface area contributed by atoms with Crippen LogP contribution in [0.2, 0.25) is 0 Å². The molecule has 1 aliphatic heterocycles. The number of carbonyl (C=O) groups is 3. The molecule has 3 amide bonds. The Hall–Kier alpha value is -5.50. The molecule has 0 bridgehead atoms. The maximum Gasteiger partial charge on any atom is 0.269 e. The number of carbonyl (C=O) groups excluding carboxylic acids is 3. The first-order chi connectivity index (χ1) is 26.6. The van der Waals surface area contributed by atoms with Gasteiger partial charge in [0.2, 0.25) is 11.8 Å². The van der Waals surface area contributed by atoms with Crippen LogP contribution in [-0.4, -0.2) is 79.0 Å². The van der Waals surface area contributed by atoms with Crippen LogP contribution in [0, 0.1) is 5.92 Å². The number of thiophene rings is 1. The fourth-order valence-electron chi connectivity index (χ4n) is 6.41. The number of ether oxygens (including phenoxy) is 1. The molecule has 2 aromatic carbocycles. The van der Waals surface area contributed by atoms with Gasteiger partial charge < -0.3 is 15.0 Å². The van der Waals surface area contributed by atoms with E-state index >= 15 is 0 Å². The van der Waals surface area contributed by atoms with Gasteiger partial charge in [0.25, 0.3) is 11.9 Å². The van der Waals surface area contributed by atoms with Crippen LogP contribution in [0.15, 0.2) is 73.1 Å². The summed E-state index contributed by atoms with van der Waals surface area (Å²) in [6, 6.07) is 18.6. The Morgan fingerprint density at radius 2 is 1.65 bits per heavy atom. The predicted molar refractivity (Wildman–Crippen MR) is 213 cm³/mol. The molecule has 5 aromatic rings. The molecule has 13 nitrogen and oxygen atoms in total. The van der Waals surface area contributed by atoms with E-state index < -0.39 is 12.0 Å². The van der Waals surface area contributed by atoms with Gasteiger partial charge >= 0.3 is 0 Å². The predicted octanol–water partition coefficient (Wildman–Crippen LogP) is 6.86. The van der Waals surface area contributed by atoms with Crippen molar-refractivity contribution in [2.75, 3.05) is 25.0 Å². The summed E-state index contributed by atoms with van der Waals surface area (Å²) in [6.45, 7) is 9.83. The second-order valence-electron chi connectivity index (χ2n) is 14.9. The van der Waals surface area contributed by atoms with E-state index in [0.29, 0.717) is 23.7 Å². The Bertz CT molecular complexity index is 2010. The van der Waals surface area contributed by atoms with Gasteiger partial charge in [-0.1, -0.05) is 94.9 Å².